The van der Waals surface area contributed by atoms with Crippen molar-refractivity contribution in [1.82, 2.24) is 15.0 Å². The van der Waals surface area contributed by atoms with Gasteiger partial charge >= 0.3 is 5.92 Å². The van der Waals surface area contributed by atoms with E-state index in [1.165, 1.54) is 26.3 Å². The molecule has 23 heavy (non-hydrogen) atoms. The van der Waals surface area contributed by atoms with Crippen molar-refractivity contribution in [3.05, 3.63) is 30.2 Å². The van der Waals surface area contributed by atoms with E-state index < -0.39 is 11.7 Å². The van der Waals surface area contributed by atoms with Crippen LogP contribution in [0, 0.1) is 0 Å². The first kappa shape index (κ1) is 16.5. The van der Waals surface area contributed by atoms with Gasteiger partial charge in [-0.05, 0) is 6.07 Å². The minimum Gasteiger partial charge on any atom is -0.481 e. The van der Waals surface area contributed by atoms with Crippen molar-refractivity contribution in [2.24, 2.45) is 0 Å². The van der Waals surface area contributed by atoms with Crippen LogP contribution in [0.5, 0.6) is 5.88 Å². The summed E-state index contributed by atoms with van der Waals surface area (Å²) in [7, 11) is 1.32. The van der Waals surface area contributed by atoms with Crippen LogP contribution in [0.1, 0.15) is 19.7 Å². The van der Waals surface area contributed by atoms with Crippen molar-refractivity contribution in [3.8, 4) is 5.88 Å². The normalized spacial score (nSPS) is 11.0. The standard InChI is InChI=1S/C14H15F2N5O2/c1-8(22)18-10-6-9(4-5-17-10)19-11-7-12(23-3)21-13(20-11)14(2,15)16/h4-7H,1-3H3,(H2,17,18,19,20,21,22). The molecule has 0 aliphatic heterocycles. The minimum absolute atomic E-state index is 0.00941. The van der Waals surface area contributed by atoms with Gasteiger partial charge in [-0.3, -0.25) is 4.79 Å². The van der Waals surface area contributed by atoms with Crippen LogP contribution in [0.3, 0.4) is 0 Å². The number of aromatic nitrogens is 3. The molecular formula is C14H15F2N5O2. The topological polar surface area (TPSA) is 89.0 Å². The van der Waals surface area contributed by atoms with Gasteiger partial charge in [-0.15, -0.1) is 0 Å². The highest BCUT2D eigenvalue weighted by atomic mass is 19.3. The van der Waals surface area contributed by atoms with E-state index in [0.717, 1.165) is 0 Å². The molecule has 0 radical (unpaired) electrons. The van der Waals surface area contributed by atoms with Gasteiger partial charge in [0, 0.05) is 37.9 Å². The van der Waals surface area contributed by atoms with Crippen LogP contribution in [0.2, 0.25) is 0 Å². The van der Waals surface area contributed by atoms with Gasteiger partial charge in [-0.2, -0.15) is 13.8 Å². The van der Waals surface area contributed by atoms with Crippen LogP contribution in [0.15, 0.2) is 24.4 Å². The number of nitrogens with zero attached hydrogens (tertiary/aromatic N) is 3. The summed E-state index contributed by atoms with van der Waals surface area (Å²) in [6.45, 7) is 2.06. The molecule has 0 aliphatic rings. The maximum Gasteiger partial charge on any atom is 0.304 e. The van der Waals surface area contributed by atoms with Gasteiger partial charge < -0.3 is 15.4 Å². The van der Waals surface area contributed by atoms with E-state index in [0.29, 0.717) is 18.4 Å². The molecule has 0 aromatic carbocycles. The summed E-state index contributed by atoms with van der Waals surface area (Å²) in [5.74, 6) is -3.67. The molecule has 122 valence electrons. The van der Waals surface area contributed by atoms with E-state index in [1.54, 1.807) is 12.1 Å². The van der Waals surface area contributed by atoms with E-state index in [1.807, 2.05) is 0 Å². The molecule has 1 amide bonds. The average molecular weight is 323 g/mol. The number of ether oxygens (including phenoxy) is 1. The van der Waals surface area contributed by atoms with Crippen molar-refractivity contribution in [3.63, 3.8) is 0 Å². The van der Waals surface area contributed by atoms with E-state index in [-0.39, 0.29) is 17.6 Å². The summed E-state index contributed by atoms with van der Waals surface area (Å²) in [5, 5.41) is 5.37. The number of alkyl halides is 2. The molecule has 2 aromatic rings. The Morgan fingerprint density at radius 1 is 1.26 bits per heavy atom. The number of carbonyl (C=O) groups excluding carboxylic acids is 1. The van der Waals surface area contributed by atoms with Crippen LogP contribution in [0.25, 0.3) is 0 Å². The Kier molecular flexibility index (Phi) is 4.68. The molecule has 7 nitrogen and oxygen atoms in total. The molecule has 0 bridgehead atoms. The predicted octanol–water partition coefficient (Wildman–Crippen LogP) is 2.69. The zero-order chi connectivity index (χ0) is 17.0. The van der Waals surface area contributed by atoms with Crippen molar-refractivity contribution >= 4 is 23.2 Å². The summed E-state index contributed by atoms with van der Waals surface area (Å²) < 4.78 is 31.8. The highest BCUT2D eigenvalue weighted by molar-refractivity contribution is 5.88. The minimum atomic E-state index is -3.20. The van der Waals surface area contributed by atoms with E-state index >= 15 is 0 Å². The van der Waals surface area contributed by atoms with Crippen molar-refractivity contribution in [1.29, 1.82) is 0 Å². The van der Waals surface area contributed by atoms with Crippen molar-refractivity contribution in [2.45, 2.75) is 19.8 Å². The van der Waals surface area contributed by atoms with Gasteiger partial charge in [-0.25, -0.2) is 9.97 Å². The molecule has 2 N–H and O–H groups in total. The number of amides is 1. The highest BCUT2D eigenvalue weighted by Crippen LogP contribution is 2.28. The number of nitrogens with one attached hydrogen (secondary N) is 2. The Morgan fingerprint density at radius 3 is 2.61 bits per heavy atom. The average Bonchev–Trinajstić information content (AvgIpc) is 2.45. The lowest BCUT2D eigenvalue weighted by Gasteiger charge is -2.13. The van der Waals surface area contributed by atoms with Crippen LogP contribution >= 0.6 is 0 Å². The number of pyridine rings is 1. The molecule has 0 unspecified atom stereocenters. The zero-order valence-corrected chi connectivity index (χ0v) is 12.7. The van der Waals surface area contributed by atoms with Gasteiger partial charge in [0.05, 0.1) is 7.11 Å². The third kappa shape index (κ3) is 4.56. The summed E-state index contributed by atoms with van der Waals surface area (Å²) in [6, 6.07) is 4.52. The van der Waals surface area contributed by atoms with Gasteiger partial charge in [0.1, 0.15) is 11.6 Å². The number of methoxy groups -OCH3 is 1. The highest BCUT2D eigenvalue weighted by Gasteiger charge is 2.29. The summed E-state index contributed by atoms with van der Waals surface area (Å²) >= 11 is 0. The number of hydrogen-bond acceptors (Lipinski definition) is 6. The summed E-state index contributed by atoms with van der Waals surface area (Å²) in [4.78, 5) is 22.4. The monoisotopic (exact) mass is 323 g/mol. The zero-order valence-electron chi connectivity index (χ0n) is 12.7. The number of hydrogen-bond donors (Lipinski definition) is 2. The summed E-state index contributed by atoms with van der Waals surface area (Å²) in [5.41, 5.74) is 0.509. The third-order valence-electron chi connectivity index (χ3n) is 2.64. The summed E-state index contributed by atoms with van der Waals surface area (Å²) in [6.07, 6.45) is 1.46. The Labute approximate surface area is 131 Å². The Hall–Kier alpha value is -2.84. The lowest BCUT2D eigenvalue weighted by atomic mass is 10.3. The third-order valence-corrected chi connectivity index (χ3v) is 2.64. The molecule has 9 heteroatoms. The lowest BCUT2D eigenvalue weighted by Crippen LogP contribution is -2.14. The maximum absolute atomic E-state index is 13.4. The Bertz CT molecular complexity index is 719. The number of carbonyl (C=O) groups is 1. The molecule has 2 heterocycles. The lowest BCUT2D eigenvalue weighted by molar-refractivity contribution is -0.114. The predicted molar refractivity (Wildman–Crippen MR) is 80.0 cm³/mol. The van der Waals surface area contributed by atoms with E-state index in [2.05, 4.69) is 25.6 Å². The van der Waals surface area contributed by atoms with Crippen LogP contribution in [0.4, 0.5) is 26.1 Å². The fourth-order valence-electron chi connectivity index (χ4n) is 1.69. The molecule has 0 aliphatic carbocycles. The van der Waals surface area contributed by atoms with E-state index in [4.69, 9.17) is 4.74 Å². The molecule has 0 fully saturated rings. The number of anilines is 3. The molecular weight excluding hydrogens is 308 g/mol. The second-order valence-corrected chi connectivity index (χ2v) is 4.74. The van der Waals surface area contributed by atoms with Gasteiger partial charge in [0.2, 0.25) is 17.6 Å². The number of halogens is 2. The van der Waals surface area contributed by atoms with Crippen molar-refractivity contribution < 1.29 is 18.3 Å². The van der Waals surface area contributed by atoms with Crippen LogP contribution < -0.4 is 15.4 Å². The molecule has 0 saturated carbocycles. The first-order valence-corrected chi connectivity index (χ1v) is 6.60. The molecule has 2 rings (SSSR count). The fraction of sp³-hybridized carbons (Fsp3) is 0.286. The second-order valence-electron chi connectivity index (χ2n) is 4.74. The van der Waals surface area contributed by atoms with Gasteiger partial charge in [0.15, 0.2) is 0 Å². The number of rotatable bonds is 5. The molecule has 0 spiro atoms. The smallest absolute Gasteiger partial charge is 0.304 e. The largest absolute Gasteiger partial charge is 0.481 e. The Balaban J connectivity index is 2.31. The van der Waals surface area contributed by atoms with Crippen molar-refractivity contribution in [2.75, 3.05) is 17.7 Å². The van der Waals surface area contributed by atoms with E-state index in [9.17, 15) is 13.6 Å². The Morgan fingerprint density at radius 2 is 2.00 bits per heavy atom. The fourth-order valence-corrected chi connectivity index (χ4v) is 1.69. The van der Waals surface area contributed by atoms with Crippen LogP contribution in [-0.2, 0) is 10.7 Å². The maximum atomic E-state index is 13.4. The van der Waals surface area contributed by atoms with Crippen LogP contribution in [-0.4, -0.2) is 28.0 Å². The first-order valence-electron chi connectivity index (χ1n) is 6.60. The van der Waals surface area contributed by atoms with Gasteiger partial charge in [0.25, 0.3) is 0 Å². The van der Waals surface area contributed by atoms with Gasteiger partial charge in [-0.1, -0.05) is 0 Å². The molecule has 2 aromatic heterocycles. The second kappa shape index (κ2) is 6.51. The first-order chi connectivity index (χ1) is 10.8. The molecule has 0 atom stereocenters. The SMILES string of the molecule is COc1cc(Nc2ccnc(NC(C)=O)c2)nc(C(C)(F)F)n1. The quantitative estimate of drug-likeness (QED) is 0.879. The molecule has 0 saturated heterocycles.